The van der Waals surface area contributed by atoms with Gasteiger partial charge in [0.2, 0.25) is 6.79 Å². The molecule has 8 nitrogen and oxygen atoms in total. The minimum atomic E-state index is -3.84. The Balaban J connectivity index is 1.44. The van der Waals surface area contributed by atoms with Crippen molar-refractivity contribution in [2.45, 2.75) is 18.4 Å². The highest BCUT2D eigenvalue weighted by atomic mass is 35.5. The molecule has 30 heavy (non-hydrogen) atoms. The van der Waals surface area contributed by atoms with Crippen LogP contribution < -0.4 is 19.5 Å². The van der Waals surface area contributed by atoms with Crippen LogP contribution in [0.4, 0.5) is 5.13 Å². The Morgan fingerprint density at radius 3 is 2.67 bits per heavy atom. The van der Waals surface area contributed by atoms with E-state index in [0.717, 1.165) is 16.9 Å². The molecule has 1 amide bonds. The molecule has 2 N–H and O–H groups in total. The van der Waals surface area contributed by atoms with Crippen molar-refractivity contribution < 1.29 is 22.7 Å². The number of hydrogen-bond donors (Lipinski definition) is 2. The molecule has 0 spiro atoms. The van der Waals surface area contributed by atoms with Gasteiger partial charge in [0, 0.05) is 11.6 Å². The van der Waals surface area contributed by atoms with E-state index in [1.165, 1.54) is 24.3 Å². The van der Waals surface area contributed by atoms with Crippen molar-refractivity contribution in [2.24, 2.45) is 0 Å². The molecule has 0 unspecified atom stereocenters. The van der Waals surface area contributed by atoms with Crippen LogP contribution in [0.2, 0.25) is 5.02 Å². The van der Waals surface area contributed by atoms with Crippen LogP contribution in [0.5, 0.6) is 11.5 Å². The van der Waals surface area contributed by atoms with E-state index in [0.29, 0.717) is 27.1 Å². The van der Waals surface area contributed by atoms with E-state index in [1.54, 1.807) is 19.1 Å². The number of aryl methyl sites for hydroxylation is 1. The van der Waals surface area contributed by atoms with Crippen LogP contribution in [-0.4, -0.2) is 26.1 Å². The first-order valence-corrected chi connectivity index (χ1v) is 11.4. The Morgan fingerprint density at radius 1 is 1.17 bits per heavy atom. The third-order valence-corrected chi connectivity index (χ3v) is 7.05. The van der Waals surface area contributed by atoms with Gasteiger partial charge in [0.1, 0.15) is 4.88 Å². The fourth-order valence-corrected chi connectivity index (χ4v) is 5.00. The molecule has 11 heteroatoms. The number of thiazole rings is 1. The molecule has 2 aromatic carbocycles. The highest BCUT2D eigenvalue weighted by molar-refractivity contribution is 7.93. The Hall–Kier alpha value is -2.82. The molecule has 3 aromatic rings. The van der Waals surface area contributed by atoms with Crippen LogP contribution in [0, 0.1) is 6.92 Å². The van der Waals surface area contributed by atoms with Crippen molar-refractivity contribution in [1.29, 1.82) is 0 Å². The van der Waals surface area contributed by atoms with Gasteiger partial charge in [0.25, 0.3) is 15.9 Å². The van der Waals surface area contributed by atoms with Gasteiger partial charge in [-0.15, -0.1) is 0 Å². The van der Waals surface area contributed by atoms with Crippen LogP contribution in [0.1, 0.15) is 20.9 Å². The number of ether oxygens (including phenoxy) is 2. The number of carbonyl (C=O) groups excluding carboxylic acids is 1. The normalized spacial score (nSPS) is 12.6. The smallest absolute Gasteiger partial charge is 0.263 e. The Kier molecular flexibility index (Phi) is 5.54. The maximum absolute atomic E-state index is 12.6. The average molecular weight is 466 g/mol. The predicted octanol–water partition coefficient (Wildman–Crippen LogP) is 3.56. The molecular weight excluding hydrogens is 450 g/mol. The van der Waals surface area contributed by atoms with Gasteiger partial charge in [-0.1, -0.05) is 29.0 Å². The molecule has 0 aliphatic carbocycles. The van der Waals surface area contributed by atoms with Gasteiger partial charge in [0.05, 0.1) is 10.6 Å². The van der Waals surface area contributed by atoms with Gasteiger partial charge in [-0.25, -0.2) is 13.4 Å². The number of rotatable bonds is 6. The van der Waals surface area contributed by atoms with Crippen molar-refractivity contribution in [3.05, 3.63) is 63.6 Å². The van der Waals surface area contributed by atoms with Gasteiger partial charge >= 0.3 is 0 Å². The number of sulfonamides is 1. The number of hydrogen-bond acceptors (Lipinski definition) is 7. The molecule has 1 aliphatic heterocycles. The summed E-state index contributed by atoms with van der Waals surface area (Å²) in [6.45, 7) is 2.10. The monoisotopic (exact) mass is 465 g/mol. The van der Waals surface area contributed by atoms with Crippen molar-refractivity contribution in [3.63, 3.8) is 0 Å². The topological polar surface area (TPSA) is 107 Å². The van der Waals surface area contributed by atoms with E-state index >= 15 is 0 Å². The molecule has 0 atom stereocenters. The molecule has 0 saturated carbocycles. The van der Waals surface area contributed by atoms with Gasteiger partial charge in [-0.05, 0) is 48.9 Å². The summed E-state index contributed by atoms with van der Waals surface area (Å²) in [5.41, 5.74) is 1.27. The third-order valence-electron chi connectivity index (χ3n) is 4.24. The lowest BCUT2D eigenvalue weighted by Gasteiger charge is -2.05. The standard InChI is InChI=1S/C19H16ClN3O5S2/c1-11-17(18(24)21-9-12-2-7-15-16(8-12)28-10-27-15)29-19(22-11)23-30(25,26)14-5-3-13(20)4-6-14/h2-8H,9-10H2,1H3,(H,21,24)(H,22,23). The van der Waals surface area contributed by atoms with Crippen molar-refractivity contribution >= 4 is 44.0 Å². The summed E-state index contributed by atoms with van der Waals surface area (Å²) in [6.07, 6.45) is 0. The number of amides is 1. The number of nitrogens with one attached hydrogen (secondary N) is 2. The van der Waals surface area contributed by atoms with Crippen molar-refractivity contribution in [1.82, 2.24) is 10.3 Å². The van der Waals surface area contributed by atoms with E-state index < -0.39 is 10.0 Å². The summed E-state index contributed by atoms with van der Waals surface area (Å²) >= 11 is 6.76. The molecule has 4 rings (SSSR count). The fraction of sp³-hybridized carbons (Fsp3) is 0.158. The number of nitrogens with zero attached hydrogens (tertiary/aromatic N) is 1. The van der Waals surface area contributed by atoms with E-state index in [9.17, 15) is 13.2 Å². The minimum Gasteiger partial charge on any atom is -0.454 e. The van der Waals surface area contributed by atoms with E-state index in [1.807, 2.05) is 6.07 Å². The minimum absolute atomic E-state index is 0.0496. The molecule has 2 heterocycles. The zero-order valence-electron chi connectivity index (χ0n) is 15.6. The number of carbonyl (C=O) groups is 1. The largest absolute Gasteiger partial charge is 0.454 e. The quantitative estimate of drug-likeness (QED) is 0.576. The molecule has 156 valence electrons. The lowest BCUT2D eigenvalue weighted by atomic mass is 10.2. The zero-order valence-corrected chi connectivity index (χ0v) is 18.0. The Labute approximate surface area is 181 Å². The van der Waals surface area contributed by atoms with Crippen LogP contribution in [-0.2, 0) is 16.6 Å². The SMILES string of the molecule is Cc1nc(NS(=O)(=O)c2ccc(Cl)cc2)sc1C(=O)NCc1ccc2c(c1)OCO2. The summed E-state index contributed by atoms with van der Waals surface area (Å²) in [7, 11) is -3.84. The summed E-state index contributed by atoms with van der Waals surface area (Å²) in [5, 5.41) is 3.34. The van der Waals surface area contributed by atoms with Gasteiger partial charge in [-0.2, -0.15) is 0 Å². The Bertz CT molecular complexity index is 1210. The molecule has 1 aromatic heterocycles. The molecule has 0 bridgehead atoms. The van der Waals surface area contributed by atoms with Gasteiger partial charge in [-0.3, -0.25) is 9.52 Å². The predicted molar refractivity (Wildman–Crippen MR) is 113 cm³/mol. The maximum atomic E-state index is 12.6. The highest BCUT2D eigenvalue weighted by Gasteiger charge is 2.20. The number of anilines is 1. The second-order valence-corrected chi connectivity index (χ2v) is 9.48. The second-order valence-electron chi connectivity index (χ2n) is 6.36. The second kappa shape index (κ2) is 8.13. The summed E-state index contributed by atoms with van der Waals surface area (Å²) in [6, 6.07) is 11.2. The van der Waals surface area contributed by atoms with Crippen LogP contribution >= 0.6 is 22.9 Å². The van der Waals surface area contributed by atoms with Crippen LogP contribution in [0.15, 0.2) is 47.4 Å². The Morgan fingerprint density at radius 2 is 1.90 bits per heavy atom. The number of halogens is 1. The maximum Gasteiger partial charge on any atom is 0.263 e. The van der Waals surface area contributed by atoms with Crippen molar-refractivity contribution in [3.8, 4) is 11.5 Å². The molecule has 0 radical (unpaired) electrons. The number of fused-ring (bicyclic) bond motifs is 1. The lowest BCUT2D eigenvalue weighted by Crippen LogP contribution is -2.22. The highest BCUT2D eigenvalue weighted by Crippen LogP contribution is 2.32. The first-order chi connectivity index (χ1) is 14.3. The molecule has 0 saturated heterocycles. The number of benzene rings is 2. The fourth-order valence-electron chi connectivity index (χ4n) is 2.75. The van der Waals surface area contributed by atoms with Crippen molar-refractivity contribution in [2.75, 3.05) is 11.5 Å². The summed E-state index contributed by atoms with van der Waals surface area (Å²) < 4.78 is 38.0. The average Bonchev–Trinajstić information content (AvgIpc) is 3.31. The van der Waals surface area contributed by atoms with E-state index in [4.69, 9.17) is 21.1 Å². The van der Waals surface area contributed by atoms with Gasteiger partial charge in [0.15, 0.2) is 16.6 Å². The van der Waals surface area contributed by atoms with E-state index in [-0.39, 0.29) is 29.3 Å². The summed E-state index contributed by atoms with van der Waals surface area (Å²) in [4.78, 5) is 17.1. The zero-order chi connectivity index (χ0) is 21.3. The third kappa shape index (κ3) is 4.35. The molecule has 1 aliphatic rings. The van der Waals surface area contributed by atoms with Crippen LogP contribution in [0.3, 0.4) is 0 Å². The first kappa shape index (κ1) is 20.5. The molecule has 0 fully saturated rings. The van der Waals surface area contributed by atoms with E-state index in [2.05, 4.69) is 15.0 Å². The van der Waals surface area contributed by atoms with Gasteiger partial charge < -0.3 is 14.8 Å². The molecular formula is C19H16ClN3O5S2. The van der Waals surface area contributed by atoms with Crippen LogP contribution in [0.25, 0.3) is 0 Å². The lowest BCUT2D eigenvalue weighted by molar-refractivity contribution is 0.0954. The summed E-state index contributed by atoms with van der Waals surface area (Å²) in [5.74, 6) is 0.954. The first-order valence-electron chi connectivity index (χ1n) is 8.74. The number of aromatic nitrogens is 1.